The van der Waals surface area contributed by atoms with Crippen molar-refractivity contribution in [1.82, 2.24) is 0 Å². The van der Waals surface area contributed by atoms with Crippen LogP contribution in [0.2, 0.25) is 0 Å². The van der Waals surface area contributed by atoms with E-state index in [-0.39, 0.29) is 29.8 Å². The van der Waals surface area contributed by atoms with E-state index in [1.54, 1.807) is 13.2 Å². The highest BCUT2D eigenvalue weighted by atomic mass is 16.6. The second-order valence-corrected chi connectivity index (χ2v) is 15.5. The predicted molar refractivity (Wildman–Crippen MR) is 212 cm³/mol. The zero-order valence-electron chi connectivity index (χ0n) is 33.0. The molecule has 9 atom stereocenters. The molecule has 0 aromatic heterocycles. The van der Waals surface area contributed by atoms with Gasteiger partial charge in [-0.1, -0.05) is 108 Å². The Morgan fingerprint density at radius 2 is 1.80 bits per heavy atom. The minimum absolute atomic E-state index is 0.00189. The zero-order chi connectivity index (χ0) is 38.0. The summed E-state index contributed by atoms with van der Waals surface area (Å²) in [6, 6.07) is 0. The number of allylic oxidation sites excluding steroid dienone is 7. The van der Waals surface area contributed by atoms with E-state index in [9.17, 15) is 20.1 Å². The van der Waals surface area contributed by atoms with Crippen LogP contribution in [0.1, 0.15) is 131 Å². The Kier molecular flexibility index (Phi) is 20.5. The quantitative estimate of drug-likeness (QED) is 0.0556. The van der Waals surface area contributed by atoms with Crippen LogP contribution < -0.4 is 0 Å². The molecule has 2 aliphatic rings. The first kappa shape index (κ1) is 44.8. The molecule has 6 heteroatoms. The number of carbonyl (C=O) groups excluding carboxylic acids is 1. The van der Waals surface area contributed by atoms with Crippen LogP contribution in [0.4, 0.5) is 0 Å². The molecule has 0 radical (unpaired) electrons. The average Bonchev–Trinajstić information content (AvgIpc) is 3.12. The summed E-state index contributed by atoms with van der Waals surface area (Å²) in [6.07, 6.45) is 25.8. The van der Waals surface area contributed by atoms with Crippen LogP contribution in [0.5, 0.6) is 0 Å². The number of hydrogen-bond acceptors (Lipinski definition) is 6. The molecule has 0 aromatic rings. The molecular formula is C45H72O6. The van der Waals surface area contributed by atoms with E-state index >= 15 is 0 Å². The topological polar surface area (TPSA) is 96.2 Å². The molecule has 0 spiro atoms. The molecule has 3 N–H and O–H groups in total. The summed E-state index contributed by atoms with van der Waals surface area (Å²) in [5.41, 5.74) is 3.39. The Hall–Kier alpha value is -2.35. The maximum Gasteiger partial charge on any atom is 0.194 e. The minimum Gasteiger partial charge on any atom is -0.393 e. The van der Waals surface area contributed by atoms with E-state index in [4.69, 9.17) is 9.47 Å². The molecule has 288 valence electrons. The summed E-state index contributed by atoms with van der Waals surface area (Å²) in [5, 5.41) is 32.2. The summed E-state index contributed by atoms with van der Waals surface area (Å²) in [5.74, 6) is 0.143. The van der Waals surface area contributed by atoms with E-state index in [2.05, 4.69) is 64.8 Å². The van der Waals surface area contributed by atoms with Gasteiger partial charge in [0.25, 0.3) is 0 Å². The molecule has 1 heterocycles. The monoisotopic (exact) mass is 709 g/mol. The minimum atomic E-state index is -1.32. The van der Waals surface area contributed by atoms with Crippen molar-refractivity contribution in [2.45, 2.75) is 161 Å². The number of methoxy groups -OCH3 is 1. The summed E-state index contributed by atoms with van der Waals surface area (Å²) >= 11 is 0. The maximum atomic E-state index is 12.6. The zero-order valence-corrected chi connectivity index (χ0v) is 33.0. The van der Waals surface area contributed by atoms with E-state index in [0.717, 1.165) is 94.6 Å². The molecule has 51 heavy (non-hydrogen) atoms. The molecule has 1 saturated heterocycles. The Bertz CT molecular complexity index is 1220. The normalized spacial score (nSPS) is 28.1. The third kappa shape index (κ3) is 14.9. The van der Waals surface area contributed by atoms with Crippen molar-refractivity contribution in [3.63, 3.8) is 0 Å². The molecule has 6 nitrogen and oxygen atoms in total. The van der Waals surface area contributed by atoms with Crippen LogP contribution in [-0.4, -0.2) is 58.4 Å². The molecule has 2 fully saturated rings. The Morgan fingerprint density at radius 1 is 1.06 bits per heavy atom. The Balaban J connectivity index is 1.70. The van der Waals surface area contributed by atoms with Crippen LogP contribution >= 0.6 is 0 Å². The van der Waals surface area contributed by atoms with Gasteiger partial charge in [-0.25, -0.2) is 0 Å². The van der Waals surface area contributed by atoms with Gasteiger partial charge in [-0.2, -0.15) is 0 Å². The molecule has 1 aliphatic heterocycles. The molecule has 6 unspecified atom stereocenters. The Labute approximate surface area is 311 Å². The third-order valence-corrected chi connectivity index (χ3v) is 11.6. The fraction of sp³-hybridized carbons (Fsp3) is 0.667. The van der Waals surface area contributed by atoms with Crippen LogP contribution in [-0.2, 0) is 14.3 Å². The highest BCUT2D eigenvalue weighted by Crippen LogP contribution is 2.39. The van der Waals surface area contributed by atoms with Crippen molar-refractivity contribution in [2.24, 2.45) is 23.7 Å². The number of hydrogen-bond donors (Lipinski definition) is 3. The first-order valence-corrected chi connectivity index (χ1v) is 19.7. The third-order valence-electron chi connectivity index (χ3n) is 11.6. The molecular weight excluding hydrogens is 636 g/mol. The number of Topliss-reactive ketones (excluding diaryl/α,β-unsaturated/α-hetero) is 1. The average molecular weight is 709 g/mol. The summed E-state index contributed by atoms with van der Waals surface area (Å²) in [4.78, 5) is 12.6. The van der Waals surface area contributed by atoms with Gasteiger partial charge in [-0.05, 0) is 107 Å². The highest BCUT2D eigenvalue weighted by Gasteiger charge is 2.42. The van der Waals surface area contributed by atoms with Crippen molar-refractivity contribution >= 4 is 5.78 Å². The summed E-state index contributed by atoms with van der Waals surface area (Å²) in [7, 11) is 1.60. The van der Waals surface area contributed by atoms with Gasteiger partial charge < -0.3 is 24.8 Å². The summed E-state index contributed by atoms with van der Waals surface area (Å²) < 4.78 is 11.8. The number of carbonyl (C=O) groups is 1. The number of ether oxygens (including phenoxy) is 2. The largest absolute Gasteiger partial charge is 0.393 e. The predicted octanol–water partition coefficient (Wildman–Crippen LogP) is 10.1. The molecule has 2 rings (SSSR count). The van der Waals surface area contributed by atoms with E-state index in [1.807, 2.05) is 26.0 Å². The Morgan fingerprint density at radius 3 is 2.49 bits per heavy atom. The van der Waals surface area contributed by atoms with Crippen molar-refractivity contribution in [1.29, 1.82) is 0 Å². The number of ketones is 1. The van der Waals surface area contributed by atoms with Gasteiger partial charge in [0.1, 0.15) is 18.0 Å². The molecule has 0 aromatic carbocycles. The van der Waals surface area contributed by atoms with Crippen molar-refractivity contribution in [3.8, 4) is 0 Å². The summed E-state index contributed by atoms with van der Waals surface area (Å²) in [6.45, 7) is 22.2. The van der Waals surface area contributed by atoms with E-state index < -0.39 is 18.0 Å². The van der Waals surface area contributed by atoms with Crippen molar-refractivity contribution < 1.29 is 29.6 Å². The lowest BCUT2D eigenvalue weighted by Gasteiger charge is -2.42. The first-order valence-electron chi connectivity index (χ1n) is 19.7. The number of unbranched alkanes of at least 4 members (excludes halogenated alkanes) is 1. The van der Waals surface area contributed by atoms with E-state index in [0.29, 0.717) is 30.3 Å². The molecule has 1 saturated carbocycles. The fourth-order valence-electron chi connectivity index (χ4n) is 7.57. The maximum absolute atomic E-state index is 12.6. The van der Waals surface area contributed by atoms with Crippen LogP contribution in [0.15, 0.2) is 84.6 Å². The smallest absolute Gasteiger partial charge is 0.194 e. The van der Waals surface area contributed by atoms with Crippen molar-refractivity contribution in [2.75, 3.05) is 7.11 Å². The van der Waals surface area contributed by atoms with Gasteiger partial charge >= 0.3 is 0 Å². The SMILES string of the molecule is C=CC(=C)C1(O)O[C@H](CC/C(C)=C/C=C/C=C/CCC(C)C(=C)[C@H](OC)C(O)/C(C)=C/CC(=O)CCCCC2CC[C@@H](O)C(CC)C2)CCC1C. The molecule has 0 bridgehead atoms. The number of aliphatic hydroxyl groups is 3. The fourth-order valence-corrected chi connectivity index (χ4v) is 7.57. The van der Waals surface area contributed by atoms with E-state index in [1.165, 1.54) is 5.57 Å². The van der Waals surface area contributed by atoms with Gasteiger partial charge in [0.05, 0.1) is 12.2 Å². The van der Waals surface area contributed by atoms with Gasteiger partial charge in [0, 0.05) is 31.4 Å². The highest BCUT2D eigenvalue weighted by molar-refractivity contribution is 5.79. The first-order chi connectivity index (χ1) is 24.3. The molecule has 1 aliphatic carbocycles. The van der Waals surface area contributed by atoms with Gasteiger partial charge in [-0.15, -0.1) is 0 Å². The van der Waals surface area contributed by atoms with Crippen LogP contribution in [0.25, 0.3) is 0 Å². The van der Waals surface area contributed by atoms with Crippen LogP contribution in [0, 0.1) is 23.7 Å². The second kappa shape index (κ2) is 23.3. The molecule has 0 amide bonds. The van der Waals surface area contributed by atoms with Crippen molar-refractivity contribution in [3.05, 3.63) is 84.6 Å². The second-order valence-electron chi connectivity index (χ2n) is 15.5. The van der Waals surface area contributed by atoms with Gasteiger partial charge in [0.2, 0.25) is 0 Å². The number of aliphatic hydroxyl groups excluding tert-OH is 2. The van der Waals surface area contributed by atoms with Gasteiger partial charge in [0.15, 0.2) is 5.79 Å². The lowest BCUT2D eigenvalue weighted by atomic mass is 9.76. The van der Waals surface area contributed by atoms with Gasteiger partial charge in [-0.3, -0.25) is 4.79 Å². The van der Waals surface area contributed by atoms with Crippen LogP contribution in [0.3, 0.4) is 0 Å². The standard InChI is InChI=1S/C45H72O6/c1-10-35(6)45(49)36(7)25-29-41(51-45)28-23-32(3)19-15-13-12-14-16-20-33(4)37(8)44(50-9)43(48)34(5)24-27-40(46)22-18-17-21-38-26-30-42(47)39(11-2)31-38/h10,12-15,19,24,33,36,38-39,41-44,47-49H,1,6,8,11,16-18,20-23,25-31H2,2-5,7,9H3/b14-12+,15-13+,32-19+,34-24+/t33?,36?,38?,39?,41-,42-,43?,44+,45?/m1/s1. The number of rotatable bonds is 23. The lowest BCUT2D eigenvalue weighted by molar-refractivity contribution is -0.254. The lowest BCUT2D eigenvalue weighted by Crippen LogP contribution is -2.47.